The van der Waals surface area contributed by atoms with Gasteiger partial charge in [0.15, 0.2) is 11.2 Å². The zero-order valence-electron chi connectivity index (χ0n) is 6.55. The van der Waals surface area contributed by atoms with Crippen LogP contribution >= 0.6 is 23.2 Å². The molecule has 0 radical (unpaired) electrons. The Labute approximate surface area is 84.6 Å². The van der Waals surface area contributed by atoms with E-state index in [-0.39, 0.29) is 10.7 Å². The zero-order valence-corrected chi connectivity index (χ0v) is 8.06. The molecule has 0 saturated carbocycles. The van der Waals surface area contributed by atoms with Gasteiger partial charge in [-0.15, -0.1) is 11.6 Å². The molecular formula is C7H7Cl2NO3. The molecule has 72 valence electrons. The van der Waals surface area contributed by atoms with E-state index in [0.29, 0.717) is 13.2 Å². The second-order valence-corrected chi connectivity index (χ2v) is 3.63. The molecule has 1 aliphatic carbocycles. The standard InChI is InChI=1S/C7H7Cl2NO3/c8-3-4(11)5(9)7(6(3)10)12-1-2-13-7/h5H,1-2,10H2. The van der Waals surface area contributed by atoms with Gasteiger partial charge in [0.05, 0.1) is 18.9 Å². The largest absolute Gasteiger partial charge is 0.396 e. The number of Topliss-reactive ketones (excluding diaryl/α,β-unsaturated/α-hetero) is 1. The molecule has 1 heterocycles. The van der Waals surface area contributed by atoms with Gasteiger partial charge in [-0.05, 0) is 0 Å². The van der Waals surface area contributed by atoms with Crippen LogP contribution < -0.4 is 5.73 Å². The van der Waals surface area contributed by atoms with Gasteiger partial charge in [-0.25, -0.2) is 0 Å². The van der Waals surface area contributed by atoms with Crippen LogP contribution in [0.5, 0.6) is 0 Å². The van der Waals surface area contributed by atoms with Gasteiger partial charge < -0.3 is 15.2 Å². The number of nitrogens with two attached hydrogens (primary N) is 1. The monoisotopic (exact) mass is 223 g/mol. The summed E-state index contributed by atoms with van der Waals surface area (Å²) in [6, 6.07) is 0. The summed E-state index contributed by atoms with van der Waals surface area (Å²) in [4.78, 5) is 11.3. The number of alkyl halides is 1. The van der Waals surface area contributed by atoms with Gasteiger partial charge in [0, 0.05) is 0 Å². The Morgan fingerprint density at radius 3 is 2.38 bits per heavy atom. The number of hydrogen-bond acceptors (Lipinski definition) is 4. The third-order valence-corrected chi connectivity index (χ3v) is 2.98. The molecule has 1 aliphatic heterocycles. The highest BCUT2D eigenvalue weighted by atomic mass is 35.5. The lowest BCUT2D eigenvalue weighted by Crippen LogP contribution is -2.43. The Morgan fingerprint density at radius 1 is 1.46 bits per heavy atom. The fourth-order valence-electron chi connectivity index (χ4n) is 1.44. The first-order valence-electron chi connectivity index (χ1n) is 3.71. The SMILES string of the molecule is NC1=C(Cl)C(=O)C(Cl)C12OCCO2. The predicted molar refractivity (Wildman–Crippen MR) is 46.3 cm³/mol. The van der Waals surface area contributed by atoms with Crippen molar-refractivity contribution in [3.63, 3.8) is 0 Å². The number of carbonyl (C=O) groups excluding carboxylic acids is 1. The van der Waals surface area contributed by atoms with Crippen LogP contribution in [-0.4, -0.2) is 30.2 Å². The summed E-state index contributed by atoms with van der Waals surface area (Å²) >= 11 is 11.4. The smallest absolute Gasteiger partial charge is 0.236 e. The van der Waals surface area contributed by atoms with Crippen LogP contribution in [0.3, 0.4) is 0 Å². The molecule has 4 nitrogen and oxygen atoms in total. The van der Waals surface area contributed by atoms with Gasteiger partial charge >= 0.3 is 0 Å². The lowest BCUT2D eigenvalue weighted by atomic mass is 10.2. The summed E-state index contributed by atoms with van der Waals surface area (Å²) in [6.45, 7) is 0.725. The normalized spacial score (nSPS) is 32.2. The summed E-state index contributed by atoms with van der Waals surface area (Å²) in [5.74, 6) is -1.75. The number of hydrogen-bond donors (Lipinski definition) is 1. The molecule has 1 fully saturated rings. The van der Waals surface area contributed by atoms with Gasteiger partial charge in [0.2, 0.25) is 5.79 Å². The maximum atomic E-state index is 11.3. The molecule has 0 bridgehead atoms. The third kappa shape index (κ3) is 1.03. The van der Waals surface area contributed by atoms with Crippen LogP contribution in [0.2, 0.25) is 0 Å². The van der Waals surface area contributed by atoms with Gasteiger partial charge in [-0.1, -0.05) is 11.6 Å². The summed E-state index contributed by atoms with van der Waals surface area (Å²) < 4.78 is 10.4. The Morgan fingerprint density at radius 2 is 2.00 bits per heavy atom. The molecule has 1 saturated heterocycles. The van der Waals surface area contributed by atoms with Crippen LogP contribution in [0, 0.1) is 0 Å². The van der Waals surface area contributed by atoms with Crippen molar-refractivity contribution in [1.29, 1.82) is 0 Å². The minimum Gasteiger partial charge on any atom is -0.396 e. The number of carbonyl (C=O) groups is 1. The van der Waals surface area contributed by atoms with E-state index in [9.17, 15) is 4.79 Å². The molecule has 0 aromatic rings. The van der Waals surface area contributed by atoms with E-state index in [1.54, 1.807) is 0 Å². The summed E-state index contributed by atoms with van der Waals surface area (Å²) in [7, 11) is 0. The van der Waals surface area contributed by atoms with Crippen molar-refractivity contribution in [1.82, 2.24) is 0 Å². The third-order valence-electron chi connectivity index (χ3n) is 2.11. The maximum Gasteiger partial charge on any atom is 0.236 e. The molecule has 13 heavy (non-hydrogen) atoms. The molecular weight excluding hydrogens is 217 g/mol. The first-order chi connectivity index (χ1) is 6.09. The molecule has 6 heteroatoms. The first kappa shape index (κ1) is 9.27. The highest BCUT2D eigenvalue weighted by Gasteiger charge is 2.56. The Kier molecular flexibility index (Phi) is 2.03. The van der Waals surface area contributed by atoms with Gasteiger partial charge in [-0.3, -0.25) is 4.79 Å². The summed E-state index contributed by atoms with van der Waals surface area (Å²) in [5.41, 5.74) is 5.67. The second-order valence-electron chi connectivity index (χ2n) is 2.82. The van der Waals surface area contributed by atoms with Crippen LogP contribution in [0.1, 0.15) is 0 Å². The average Bonchev–Trinajstić information content (AvgIpc) is 2.67. The van der Waals surface area contributed by atoms with E-state index in [0.717, 1.165) is 0 Å². The predicted octanol–water partition coefficient (Wildman–Crippen LogP) is 0.329. The zero-order chi connectivity index (χ0) is 9.64. The minimum atomic E-state index is -1.31. The Hall–Kier alpha value is -0.290. The number of rotatable bonds is 0. The fourth-order valence-corrected chi connectivity index (χ4v) is 2.09. The van der Waals surface area contributed by atoms with Crippen molar-refractivity contribution in [3.8, 4) is 0 Å². The van der Waals surface area contributed by atoms with E-state index in [1.165, 1.54) is 0 Å². The molecule has 2 N–H and O–H groups in total. The molecule has 1 unspecified atom stereocenters. The Bertz CT molecular complexity index is 296. The quantitative estimate of drug-likeness (QED) is 0.602. The molecule has 0 aromatic heterocycles. The lowest BCUT2D eigenvalue weighted by Gasteiger charge is -2.25. The van der Waals surface area contributed by atoms with Crippen molar-refractivity contribution in [3.05, 3.63) is 10.7 Å². The van der Waals surface area contributed by atoms with Crippen molar-refractivity contribution in [2.24, 2.45) is 5.73 Å². The van der Waals surface area contributed by atoms with E-state index >= 15 is 0 Å². The Balaban J connectivity index is 2.45. The van der Waals surface area contributed by atoms with Crippen molar-refractivity contribution in [2.45, 2.75) is 11.2 Å². The summed E-state index contributed by atoms with van der Waals surface area (Å²) in [5, 5.41) is -1.05. The van der Waals surface area contributed by atoms with Gasteiger partial charge in [-0.2, -0.15) is 0 Å². The van der Waals surface area contributed by atoms with Crippen molar-refractivity contribution >= 4 is 29.0 Å². The van der Waals surface area contributed by atoms with Crippen LogP contribution in [0.4, 0.5) is 0 Å². The highest BCUT2D eigenvalue weighted by molar-refractivity contribution is 6.50. The number of halogens is 2. The highest BCUT2D eigenvalue weighted by Crippen LogP contribution is 2.41. The molecule has 2 rings (SSSR count). The van der Waals surface area contributed by atoms with E-state index in [1.807, 2.05) is 0 Å². The molecule has 2 aliphatic rings. The number of allylic oxidation sites excluding steroid dienone is 1. The van der Waals surface area contributed by atoms with Crippen molar-refractivity contribution in [2.75, 3.05) is 13.2 Å². The maximum absolute atomic E-state index is 11.3. The van der Waals surface area contributed by atoms with Gasteiger partial charge in [0.25, 0.3) is 0 Å². The fraction of sp³-hybridized carbons (Fsp3) is 0.571. The minimum absolute atomic E-state index is 0.0802. The van der Waals surface area contributed by atoms with Gasteiger partial charge in [0.1, 0.15) is 5.03 Å². The first-order valence-corrected chi connectivity index (χ1v) is 4.53. The average molecular weight is 224 g/mol. The van der Waals surface area contributed by atoms with E-state index in [2.05, 4.69) is 0 Å². The van der Waals surface area contributed by atoms with Crippen LogP contribution in [0.15, 0.2) is 10.7 Å². The topological polar surface area (TPSA) is 61.6 Å². The van der Waals surface area contributed by atoms with Crippen LogP contribution in [-0.2, 0) is 14.3 Å². The summed E-state index contributed by atoms with van der Waals surface area (Å²) in [6.07, 6.45) is 0. The molecule has 0 aromatic carbocycles. The van der Waals surface area contributed by atoms with Crippen LogP contribution in [0.25, 0.3) is 0 Å². The second kappa shape index (κ2) is 2.85. The van der Waals surface area contributed by atoms with E-state index < -0.39 is 16.9 Å². The molecule has 0 amide bonds. The number of ketones is 1. The molecule has 1 spiro atoms. The molecule has 1 atom stereocenters. The van der Waals surface area contributed by atoms with Crippen molar-refractivity contribution < 1.29 is 14.3 Å². The van der Waals surface area contributed by atoms with E-state index in [4.69, 9.17) is 38.4 Å². The number of ether oxygens (including phenoxy) is 2. The lowest BCUT2D eigenvalue weighted by molar-refractivity contribution is -0.137.